The van der Waals surface area contributed by atoms with Crippen molar-refractivity contribution in [2.24, 2.45) is 0 Å². The van der Waals surface area contributed by atoms with Gasteiger partial charge in [-0.25, -0.2) is 0 Å². The average Bonchev–Trinajstić information content (AvgIpc) is 2.69. The van der Waals surface area contributed by atoms with Crippen molar-refractivity contribution in [3.05, 3.63) is 56.0 Å². The van der Waals surface area contributed by atoms with E-state index in [9.17, 15) is 10.1 Å². The van der Waals surface area contributed by atoms with Crippen molar-refractivity contribution in [1.29, 1.82) is 0 Å². The zero-order valence-corrected chi connectivity index (χ0v) is 11.9. The molecule has 0 atom stereocenters. The van der Waals surface area contributed by atoms with Crippen LogP contribution in [0.5, 0.6) is 0 Å². The first-order valence-electron chi connectivity index (χ1n) is 6.26. The molecule has 0 spiro atoms. The first-order chi connectivity index (χ1) is 9.40. The minimum absolute atomic E-state index is 0.0799. The van der Waals surface area contributed by atoms with Gasteiger partial charge < -0.3 is 4.52 Å². The fraction of sp³-hybridized carbons (Fsp3) is 0.267. The van der Waals surface area contributed by atoms with E-state index >= 15 is 0 Å². The Morgan fingerprint density at radius 1 is 1.15 bits per heavy atom. The standard InChI is InChI=1S/C15H16N2O3/c1-9-7-10(2)13(11(3)8-9)5-6-14-15(17(18)19)12(4)20-16-14/h5-8H,1-4H3. The van der Waals surface area contributed by atoms with Gasteiger partial charge in [0, 0.05) is 6.92 Å². The lowest BCUT2D eigenvalue weighted by Gasteiger charge is -2.06. The number of aryl methyl sites for hydroxylation is 4. The van der Waals surface area contributed by atoms with E-state index in [2.05, 4.69) is 17.3 Å². The molecule has 1 aromatic carbocycles. The van der Waals surface area contributed by atoms with Crippen LogP contribution in [0.1, 0.15) is 33.7 Å². The van der Waals surface area contributed by atoms with Crippen LogP contribution < -0.4 is 0 Å². The predicted octanol–water partition coefficient (Wildman–Crippen LogP) is 3.99. The molecule has 0 amide bonds. The van der Waals surface area contributed by atoms with Gasteiger partial charge in [0.25, 0.3) is 0 Å². The monoisotopic (exact) mass is 272 g/mol. The number of nitro groups is 1. The first-order valence-corrected chi connectivity index (χ1v) is 6.26. The molecule has 2 aromatic rings. The molecule has 104 valence electrons. The zero-order valence-electron chi connectivity index (χ0n) is 11.9. The maximum absolute atomic E-state index is 11.0. The normalized spacial score (nSPS) is 11.2. The van der Waals surface area contributed by atoms with Crippen LogP contribution in [0.25, 0.3) is 12.2 Å². The second kappa shape index (κ2) is 5.28. The maximum atomic E-state index is 11.0. The Kier molecular flexibility index (Phi) is 3.70. The van der Waals surface area contributed by atoms with Gasteiger partial charge in [-0.05, 0) is 43.5 Å². The molecule has 0 fully saturated rings. The quantitative estimate of drug-likeness (QED) is 0.625. The molecule has 1 aromatic heterocycles. The number of hydrogen-bond donors (Lipinski definition) is 0. The van der Waals surface area contributed by atoms with Crippen molar-refractivity contribution < 1.29 is 9.45 Å². The van der Waals surface area contributed by atoms with Crippen LogP contribution in [0, 0.1) is 37.8 Å². The van der Waals surface area contributed by atoms with Crippen molar-refractivity contribution in [2.45, 2.75) is 27.7 Å². The Balaban J connectivity index is 2.43. The van der Waals surface area contributed by atoms with Crippen molar-refractivity contribution >= 4 is 17.8 Å². The lowest BCUT2D eigenvalue weighted by Crippen LogP contribution is -1.91. The summed E-state index contributed by atoms with van der Waals surface area (Å²) in [7, 11) is 0. The molecule has 0 bridgehead atoms. The summed E-state index contributed by atoms with van der Waals surface area (Å²) in [6.45, 7) is 7.61. The van der Waals surface area contributed by atoms with Crippen LogP contribution in [-0.4, -0.2) is 10.1 Å². The van der Waals surface area contributed by atoms with Gasteiger partial charge in [-0.15, -0.1) is 0 Å². The molecule has 0 N–H and O–H groups in total. The van der Waals surface area contributed by atoms with Gasteiger partial charge in [-0.3, -0.25) is 10.1 Å². The second-order valence-corrected chi connectivity index (χ2v) is 4.88. The lowest BCUT2D eigenvalue weighted by atomic mass is 9.99. The Morgan fingerprint density at radius 2 is 1.75 bits per heavy atom. The molecule has 0 saturated carbocycles. The highest BCUT2D eigenvalue weighted by Gasteiger charge is 2.21. The van der Waals surface area contributed by atoms with Crippen molar-refractivity contribution in [3.8, 4) is 0 Å². The second-order valence-electron chi connectivity index (χ2n) is 4.88. The largest absolute Gasteiger partial charge is 0.354 e. The highest BCUT2D eigenvalue weighted by Crippen LogP contribution is 2.25. The molecule has 5 nitrogen and oxygen atoms in total. The smallest absolute Gasteiger partial charge is 0.338 e. The number of rotatable bonds is 3. The van der Waals surface area contributed by atoms with Crippen LogP contribution in [0.4, 0.5) is 5.69 Å². The van der Waals surface area contributed by atoms with Crippen molar-refractivity contribution in [3.63, 3.8) is 0 Å². The fourth-order valence-electron chi connectivity index (χ4n) is 2.33. The third kappa shape index (κ3) is 2.61. The van der Waals surface area contributed by atoms with Crippen LogP contribution in [0.15, 0.2) is 16.7 Å². The summed E-state index contributed by atoms with van der Waals surface area (Å²) in [5.74, 6) is 0.215. The Hall–Kier alpha value is -2.43. The van der Waals surface area contributed by atoms with Crippen LogP contribution in [-0.2, 0) is 0 Å². The highest BCUT2D eigenvalue weighted by atomic mass is 16.6. The van der Waals surface area contributed by atoms with E-state index in [1.165, 1.54) is 12.5 Å². The average molecular weight is 272 g/mol. The third-order valence-corrected chi connectivity index (χ3v) is 3.19. The number of aromatic nitrogens is 1. The van der Waals surface area contributed by atoms with E-state index in [1.54, 1.807) is 6.08 Å². The Morgan fingerprint density at radius 3 is 2.30 bits per heavy atom. The molecular weight excluding hydrogens is 256 g/mol. The zero-order chi connectivity index (χ0) is 14.9. The lowest BCUT2D eigenvalue weighted by molar-refractivity contribution is -0.386. The van der Waals surface area contributed by atoms with Gasteiger partial charge in [-0.2, -0.15) is 0 Å². The fourth-order valence-corrected chi connectivity index (χ4v) is 2.33. The van der Waals surface area contributed by atoms with Crippen LogP contribution in [0.3, 0.4) is 0 Å². The minimum Gasteiger partial charge on any atom is -0.354 e. The topological polar surface area (TPSA) is 69.2 Å². The molecule has 2 rings (SSSR count). The summed E-state index contributed by atoms with van der Waals surface area (Å²) in [4.78, 5) is 10.5. The highest BCUT2D eigenvalue weighted by molar-refractivity contribution is 5.75. The van der Waals surface area contributed by atoms with Crippen molar-refractivity contribution in [1.82, 2.24) is 5.16 Å². The van der Waals surface area contributed by atoms with Crippen LogP contribution >= 0.6 is 0 Å². The molecule has 0 aliphatic carbocycles. The van der Waals surface area contributed by atoms with Gasteiger partial charge in [0.15, 0.2) is 5.69 Å². The minimum atomic E-state index is -0.472. The van der Waals surface area contributed by atoms with Gasteiger partial charge in [0.05, 0.1) is 4.92 Å². The predicted molar refractivity (Wildman–Crippen MR) is 77.5 cm³/mol. The van der Waals surface area contributed by atoms with Gasteiger partial charge in [0.1, 0.15) is 0 Å². The summed E-state index contributed by atoms with van der Waals surface area (Å²) < 4.78 is 4.88. The molecule has 0 saturated heterocycles. The van der Waals surface area contributed by atoms with Crippen LogP contribution in [0.2, 0.25) is 0 Å². The van der Waals surface area contributed by atoms with E-state index in [0.717, 1.165) is 16.7 Å². The number of hydrogen-bond acceptors (Lipinski definition) is 4. The summed E-state index contributed by atoms with van der Waals surface area (Å²) in [5, 5.41) is 14.7. The van der Waals surface area contributed by atoms with E-state index in [-0.39, 0.29) is 17.1 Å². The van der Waals surface area contributed by atoms with Crippen molar-refractivity contribution in [2.75, 3.05) is 0 Å². The number of benzene rings is 1. The Bertz CT molecular complexity index is 676. The van der Waals surface area contributed by atoms with E-state index in [1.807, 2.05) is 26.8 Å². The SMILES string of the molecule is Cc1cc(C)c(C=Cc2noc(C)c2[N+](=O)[O-])c(C)c1. The Labute approximate surface area is 117 Å². The molecule has 0 unspecified atom stereocenters. The molecule has 20 heavy (non-hydrogen) atoms. The van der Waals surface area contributed by atoms with E-state index in [4.69, 9.17) is 4.52 Å². The summed E-state index contributed by atoms with van der Waals surface area (Å²) in [6, 6.07) is 4.16. The summed E-state index contributed by atoms with van der Waals surface area (Å²) >= 11 is 0. The van der Waals surface area contributed by atoms with Gasteiger partial charge >= 0.3 is 5.69 Å². The number of nitrogens with zero attached hydrogens (tertiary/aromatic N) is 2. The third-order valence-electron chi connectivity index (χ3n) is 3.19. The van der Waals surface area contributed by atoms with E-state index in [0.29, 0.717) is 0 Å². The molecule has 0 aliphatic heterocycles. The summed E-state index contributed by atoms with van der Waals surface area (Å²) in [5.41, 5.74) is 4.66. The summed E-state index contributed by atoms with van der Waals surface area (Å²) in [6.07, 6.45) is 3.47. The molecule has 0 radical (unpaired) electrons. The van der Waals surface area contributed by atoms with E-state index < -0.39 is 4.92 Å². The van der Waals surface area contributed by atoms with Gasteiger partial charge in [0.2, 0.25) is 5.76 Å². The van der Waals surface area contributed by atoms with Gasteiger partial charge in [-0.1, -0.05) is 28.9 Å². The molecule has 5 heteroatoms. The maximum Gasteiger partial charge on any atom is 0.338 e. The molecular formula is C15H16N2O3. The molecule has 1 heterocycles. The molecule has 0 aliphatic rings. The first kappa shape index (κ1) is 14.0.